The monoisotopic (exact) mass is 590 g/mol. The van der Waals surface area contributed by atoms with Gasteiger partial charge in [0, 0.05) is 30.8 Å². The summed E-state index contributed by atoms with van der Waals surface area (Å²) in [4.78, 5) is 52.6. The molecule has 1 atom stereocenters. The summed E-state index contributed by atoms with van der Waals surface area (Å²) in [6.45, 7) is 7.50. The highest BCUT2D eigenvalue weighted by Gasteiger charge is 2.34. The normalized spacial score (nSPS) is 14.9. The van der Waals surface area contributed by atoms with Gasteiger partial charge in [0.05, 0.1) is 23.4 Å². The Morgan fingerprint density at radius 1 is 1.00 bits per heavy atom. The molecule has 0 bridgehead atoms. The number of anilines is 1. The Morgan fingerprint density at radius 3 is 2.36 bits per heavy atom. The molecule has 2 aromatic carbocycles. The van der Waals surface area contributed by atoms with Crippen LogP contribution >= 0.6 is 0 Å². The molecule has 0 aliphatic carbocycles. The Hall–Kier alpha value is -5.30. The highest BCUT2D eigenvalue weighted by Crippen LogP contribution is 2.34. The number of Topliss-reactive ketones (excluding diaryl/α,β-unsaturated/α-hetero) is 1. The molecule has 0 saturated carbocycles. The first-order valence-corrected chi connectivity index (χ1v) is 14.5. The number of aromatic nitrogens is 3. The summed E-state index contributed by atoms with van der Waals surface area (Å²) >= 11 is 0. The van der Waals surface area contributed by atoms with E-state index in [1.807, 2.05) is 39.0 Å². The van der Waals surface area contributed by atoms with Crippen LogP contribution in [0.5, 0.6) is 0 Å². The van der Waals surface area contributed by atoms with Gasteiger partial charge >= 0.3 is 6.09 Å². The third kappa shape index (κ3) is 6.84. The number of amides is 2. The number of carbonyl (C=O) groups excluding carboxylic acids is 3. The lowest BCUT2D eigenvalue weighted by atomic mass is 10.0. The zero-order valence-electron chi connectivity index (χ0n) is 25.2. The lowest BCUT2D eigenvalue weighted by molar-refractivity contribution is 0.00853. The standard InChI is InChI=1S/C34H34N6O4/c1-21(41)29-30(39-31(38-29)27-7-5-6-18-40(27)33(43)44-34(2,3)4)24-12-14-25(15-13-24)32(42)37-28-19-26(16-17-36-28)23-10-8-22(20-35)9-11-23/h8-17,19,27H,5-7,18H2,1-4H3,(H,38,39)(H,36,37,42)/t27-/m0/s1. The average molecular weight is 591 g/mol. The number of nitrogens with one attached hydrogen (secondary N) is 2. The Morgan fingerprint density at radius 2 is 1.70 bits per heavy atom. The molecule has 4 aromatic rings. The zero-order chi connectivity index (χ0) is 31.4. The SMILES string of the molecule is CC(=O)c1[nH]c([C@@H]2CCCCN2C(=O)OC(C)(C)C)nc1-c1ccc(C(=O)Nc2cc(-c3ccc(C#N)cc3)ccn2)cc1. The summed E-state index contributed by atoms with van der Waals surface area (Å²) in [7, 11) is 0. The number of carbonyl (C=O) groups is 3. The number of H-pyrrole nitrogens is 1. The summed E-state index contributed by atoms with van der Waals surface area (Å²) in [6.07, 6.45) is 3.69. The number of imidazole rings is 1. The van der Waals surface area contributed by atoms with Crippen LogP contribution in [0.25, 0.3) is 22.4 Å². The Balaban J connectivity index is 1.35. The number of ether oxygens (including phenoxy) is 1. The van der Waals surface area contributed by atoms with Crippen LogP contribution in [-0.4, -0.2) is 49.8 Å². The number of nitrogens with zero attached hydrogens (tertiary/aromatic N) is 4. The van der Waals surface area contributed by atoms with Gasteiger partial charge in [0.25, 0.3) is 5.91 Å². The third-order valence-electron chi connectivity index (χ3n) is 7.29. The van der Waals surface area contributed by atoms with Crippen molar-refractivity contribution in [2.75, 3.05) is 11.9 Å². The van der Waals surface area contributed by atoms with Crippen LogP contribution in [0, 0.1) is 11.3 Å². The zero-order valence-corrected chi connectivity index (χ0v) is 25.2. The molecule has 10 nitrogen and oxygen atoms in total. The summed E-state index contributed by atoms with van der Waals surface area (Å²) < 4.78 is 5.64. The van der Waals surface area contributed by atoms with Gasteiger partial charge in [-0.25, -0.2) is 14.8 Å². The summed E-state index contributed by atoms with van der Waals surface area (Å²) in [5.41, 5.74) is 3.56. The minimum atomic E-state index is -0.629. The molecule has 2 aromatic heterocycles. The molecule has 5 rings (SSSR count). The molecule has 2 amide bonds. The number of nitriles is 1. The van der Waals surface area contributed by atoms with Crippen molar-refractivity contribution in [3.05, 3.63) is 89.5 Å². The first-order valence-electron chi connectivity index (χ1n) is 14.5. The number of benzene rings is 2. The molecule has 0 radical (unpaired) electrons. The van der Waals surface area contributed by atoms with Gasteiger partial charge in [-0.3, -0.25) is 14.5 Å². The maximum atomic E-state index is 13.1. The van der Waals surface area contributed by atoms with E-state index in [1.54, 1.807) is 53.6 Å². The molecule has 1 fully saturated rings. The van der Waals surface area contributed by atoms with Gasteiger partial charge < -0.3 is 15.0 Å². The van der Waals surface area contributed by atoms with Crippen molar-refractivity contribution in [3.63, 3.8) is 0 Å². The molecule has 0 spiro atoms. The lowest BCUT2D eigenvalue weighted by Crippen LogP contribution is -2.42. The predicted octanol–water partition coefficient (Wildman–Crippen LogP) is 6.93. The topological polar surface area (TPSA) is 141 Å². The molecule has 0 unspecified atom stereocenters. The molecule has 3 heterocycles. The van der Waals surface area contributed by atoms with E-state index in [9.17, 15) is 14.4 Å². The van der Waals surface area contributed by atoms with Crippen LogP contribution in [-0.2, 0) is 4.74 Å². The van der Waals surface area contributed by atoms with Crippen molar-refractivity contribution in [1.82, 2.24) is 19.9 Å². The second-order valence-electron chi connectivity index (χ2n) is 11.7. The Labute approximate surface area is 256 Å². The van der Waals surface area contributed by atoms with Crippen LogP contribution in [0.15, 0.2) is 66.9 Å². The van der Waals surface area contributed by atoms with Crippen LogP contribution in [0.3, 0.4) is 0 Å². The first-order chi connectivity index (χ1) is 21.0. The number of pyridine rings is 1. The van der Waals surface area contributed by atoms with Gasteiger partial charge in [-0.1, -0.05) is 24.3 Å². The summed E-state index contributed by atoms with van der Waals surface area (Å²) in [5, 5.41) is 11.9. The number of likely N-dealkylation sites (tertiary alicyclic amines) is 1. The van der Waals surface area contributed by atoms with Gasteiger partial charge in [0.1, 0.15) is 22.9 Å². The number of ketones is 1. The van der Waals surface area contributed by atoms with E-state index in [1.165, 1.54) is 6.92 Å². The average Bonchev–Trinajstić information content (AvgIpc) is 3.46. The van der Waals surface area contributed by atoms with Crippen LogP contribution in [0.4, 0.5) is 10.6 Å². The highest BCUT2D eigenvalue weighted by molar-refractivity contribution is 6.04. The van der Waals surface area contributed by atoms with Gasteiger partial charge in [-0.2, -0.15) is 5.26 Å². The van der Waals surface area contributed by atoms with E-state index >= 15 is 0 Å². The second kappa shape index (κ2) is 12.5. The van der Waals surface area contributed by atoms with E-state index < -0.39 is 11.7 Å². The van der Waals surface area contributed by atoms with Crippen molar-refractivity contribution in [3.8, 4) is 28.5 Å². The van der Waals surface area contributed by atoms with E-state index in [4.69, 9.17) is 15.0 Å². The quantitative estimate of drug-likeness (QED) is 0.232. The third-order valence-corrected chi connectivity index (χ3v) is 7.29. The molecule has 2 N–H and O–H groups in total. The molecule has 1 aliphatic rings. The smallest absolute Gasteiger partial charge is 0.410 e. The molecule has 44 heavy (non-hydrogen) atoms. The number of rotatable bonds is 6. The number of hydrogen-bond donors (Lipinski definition) is 2. The van der Waals surface area contributed by atoms with Crippen LogP contribution in [0.1, 0.15) is 85.2 Å². The van der Waals surface area contributed by atoms with E-state index in [0.717, 1.165) is 24.0 Å². The molecular formula is C34H34N6O4. The minimum absolute atomic E-state index is 0.187. The molecule has 10 heteroatoms. The van der Waals surface area contributed by atoms with E-state index in [-0.39, 0.29) is 17.7 Å². The minimum Gasteiger partial charge on any atom is -0.444 e. The van der Waals surface area contributed by atoms with Crippen molar-refractivity contribution in [2.24, 2.45) is 0 Å². The maximum Gasteiger partial charge on any atom is 0.410 e. The molecular weight excluding hydrogens is 556 g/mol. The van der Waals surface area contributed by atoms with Crippen molar-refractivity contribution in [1.29, 1.82) is 5.26 Å². The van der Waals surface area contributed by atoms with E-state index in [0.29, 0.717) is 52.7 Å². The maximum absolute atomic E-state index is 13.1. The molecule has 1 saturated heterocycles. The van der Waals surface area contributed by atoms with Gasteiger partial charge in [0.2, 0.25) is 0 Å². The second-order valence-corrected chi connectivity index (χ2v) is 11.7. The summed E-state index contributed by atoms with van der Waals surface area (Å²) in [5.74, 6) is 0.392. The highest BCUT2D eigenvalue weighted by atomic mass is 16.6. The van der Waals surface area contributed by atoms with Crippen molar-refractivity contribution in [2.45, 2.75) is 58.6 Å². The number of aromatic amines is 1. The first kappa shape index (κ1) is 30.2. The van der Waals surface area contributed by atoms with Crippen molar-refractivity contribution < 1.29 is 19.1 Å². The van der Waals surface area contributed by atoms with Crippen LogP contribution < -0.4 is 5.32 Å². The van der Waals surface area contributed by atoms with E-state index in [2.05, 4.69) is 21.4 Å². The fourth-order valence-corrected chi connectivity index (χ4v) is 5.15. The van der Waals surface area contributed by atoms with Gasteiger partial charge in [0.15, 0.2) is 5.78 Å². The Kier molecular flexibility index (Phi) is 8.58. The fraction of sp³-hybridized carbons (Fsp3) is 0.294. The molecule has 1 aliphatic heterocycles. The van der Waals surface area contributed by atoms with Crippen molar-refractivity contribution >= 4 is 23.6 Å². The van der Waals surface area contributed by atoms with Gasteiger partial charge in [-0.05, 0) is 87.6 Å². The summed E-state index contributed by atoms with van der Waals surface area (Å²) in [6, 6.07) is 19.3. The largest absolute Gasteiger partial charge is 0.444 e. The lowest BCUT2D eigenvalue weighted by Gasteiger charge is -2.35. The molecule has 224 valence electrons. The Bertz CT molecular complexity index is 1730. The fourth-order valence-electron chi connectivity index (χ4n) is 5.15. The number of hydrogen-bond acceptors (Lipinski definition) is 7. The van der Waals surface area contributed by atoms with Crippen LogP contribution in [0.2, 0.25) is 0 Å². The van der Waals surface area contributed by atoms with Gasteiger partial charge in [-0.15, -0.1) is 0 Å². The number of piperidine rings is 1. The predicted molar refractivity (Wildman–Crippen MR) is 166 cm³/mol.